The summed E-state index contributed by atoms with van der Waals surface area (Å²) in [6, 6.07) is 7.39. The van der Waals surface area contributed by atoms with E-state index in [0.29, 0.717) is 24.8 Å². The molecule has 1 unspecified atom stereocenters. The standard InChI is InChI=1S/C13H20ClNO2/c1-2-3-8-17-10-13(16)9-15-12-6-4-11(14)5-7-12/h4-7,13,15-16H,2-3,8-10H2,1H3. The molecular formula is C13H20ClNO2. The number of aliphatic hydroxyl groups excluding tert-OH is 1. The van der Waals surface area contributed by atoms with Crippen molar-refractivity contribution in [1.29, 1.82) is 0 Å². The zero-order valence-corrected chi connectivity index (χ0v) is 10.9. The molecule has 0 saturated heterocycles. The molecule has 1 atom stereocenters. The molecule has 2 N–H and O–H groups in total. The van der Waals surface area contributed by atoms with Gasteiger partial charge >= 0.3 is 0 Å². The number of rotatable bonds is 8. The van der Waals surface area contributed by atoms with Crippen molar-refractivity contribution >= 4 is 17.3 Å². The first-order chi connectivity index (χ1) is 8.22. The second-order valence-electron chi connectivity index (χ2n) is 3.97. The van der Waals surface area contributed by atoms with Crippen LogP contribution in [0.25, 0.3) is 0 Å². The number of halogens is 1. The molecular weight excluding hydrogens is 238 g/mol. The van der Waals surface area contributed by atoms with Crippen molar-refractivity contribution in [2.45, 2.75) is 25.9 Å². The summed E-state index contributed by atoms with van der Waals surface area (Å²) in [6.45, 7) is 3.69. The van der Waals surface area contributed by atoms with Crippen LogP contribution in [0.3, 0.4) is 0 Å². The molecule has 0 spiro atoms. The zero-order valence-electron chi connectivity index (χ0n) is 10.2. The van der Waals surface area contributed by atoms with Gasteiger partial charge in [0.05, 0.1) is 12.7 Å². The Bertz CT molecular complexity index is 303. The summed E-state index contributed by atoms with van der Waals surface area (Å²) in [4.78, 5) is 0. The second-order valence-corrected chi connectivity index (χ2v) is 4.41. The van der Waals surface area contributed by atoms with Crippen molar-refractivity contribution in [3.8, 4) is 0 Å². The lowest BCUT2D eigenvalue weighted by atomic mass is 10.3. The molecule has 4 heteroatoms. The van der Waals surface area contributed by atoms with Gasteiger partial charge in [-0.05, 0) is 30.7 Å². The van der Waals surface area contributed by atoms with Gasteiger partial charge in [0.2, 0.25) is 0 Å². The molecule has 0 aliphatic carbocycles. The van der Waals surface area contributed by atoms with Crippen molar-refractivity contribution in [2.75, 3.05) is 25.1 Å². The van der Waals surface area contributed by atoms with Crippen molar-refractivity contribution in [1.82, 2.24) is 0 Å². The number of ether oxygens (including phenoxy) is 1. The van der Waals surface area contributed by atoms with E-state index in [1.54, 1.807) is 0 Å². The van der Waals surface area contributed by atoms with Gasteiger partial charge in [0, 0.05) is 23.9 Å². The summed E-state index contributed by atoms with van der Waals surface area (Å²) in [5.74, 6) is 0. The van der Waals surface area contributed by atoms with Crippen LogP contribution < -0.4 is 5.32 Å². The van der Waals surface area contributed by atoms with Crippen molar-refractivity contribution in [3.05, 3.63) is 29.3 Å². The smallest absolute Gasteiger partial charge is 0.0945 e. The van der Waals surface area contributed by atoms with Crippen LogP contribution in [-0.2, 0) is 4.74 Å². The summed E-state index contributed by atoms with van der Waals surface area (Å²) in [6.07, 6.45) is 1.67. The van der Waals surface area contributed by atoms with E-state index in [-0.39, 0.29) is 0 Å². The Balaban J connectivity index is 2.14. The summed E-state index contributed by atoms with van der Waals surface area (Å²) < 4.78 is 5.33. The predicted octanol–water partition coefficient (Wildman–Crippen LogP) is 2.93. The van der Waals surface area contributed by atoms with Gasteiger partial charge in [-0.15, -0.1) is 0 Å². The quantitative estimate of drug-likeness (QED) is 0.704. The van der Waals surface area contributed by atoms with Gasteiger partial charge in [-0.3, -0.25) is 0 Å². The zero-order chi connectivity index (χ0) is 12.5. The summed E-state index contributed by atoms with van der Waals surface area (Å²) >= 11 is 5.78. The van der Waals surface area contributed by atoms with E-state index in [1.165, 1.54) is 0 Å². The van der Waals surface area contributed by atoms with E-state index in [2.05, 4.69) is 12.2 Å². The molecule has 0 saturated carbocycles. The van der Waals surface area contributed by atoms with Gasteiger partial charge in [0.1, 0.15) is 0 Å². The second kappa shape index (κ2) is 8.34. The van der Waals surface area contributed by atoms with Gasteiger partial charge < -0.3 is 15.2 Å². The lowest BCUT2D eigenvalue weighted by Gasteiger charge is -2.13. The first-order valence-electron chi connectivity index (χ1n) is 5.97. The highest BCUT2D eigenvalue weighted by Crippen LogP contribution is 2.13. The Morgan fingerprint density at radius 3 is 2.71 bits per heavy atom. The average Bonchev–Trinajstić information content (AvgIpc) is 2.34. The Morgan fingerprint density at radius 2 is 2.06 bits per heavy atom. The highest BCUT2D eigenvalue weighted by atomic mass is 35.5. The Labute approximate surface area is 108 Å². The van der Waals surface area contributed by atoms with Gasteiger partial charge in [-0.1, -0.05) is 24.9 Å². The van der Waals surface area contributed by atoms with Crippen LogP contribution in [0.5, 0.6) is 0 Å². The van der Waals surface area contributed by atoms with E-state index < -0.39 is 6.10 Å². The highest BCUT2D eigenvalue weighted by Gasteiger charge is 2.03. The number of anilines is 1. The molecule has 17 heavy (non-hydrogen) atoms. The lowest BCUT2D eigenvalue weighted by Crippen LogP contribution is -2.25. The molecule has 0 amide bonds. The third-order valence-corrected chi connectivity index (χ3v) is 2.59. The Hall–Kier alpha value is -0.770. The van der Waals surface area contributed by atoms with Crippen LogP contribution in [-0.4, -0.2) is 31.0 Å². The minimum atomic E-state index is -0.484. The van der Waals surface area contributed by atoms with Gasteiger partial charge in [-0.25, -0.2) is 0 Å². The number of hydrogen-bond acceptors (Lipinski definition) is 3. The van der Waals surface area contributed by atoms with Crippen LogP contribution in [0, 0.1) is 0 Å². The average molecular weight is 258 g/mol. The monoisotopic (exact) mass is 257 g/mol. The largest absolute Gasteiger partial charge is 0.389 e. The minimum absolute atomic E-state index is 0.376. The van der Waals surface area contributed by atoms with E-state index in [4.69, 9.17) is 16.3 Å². The predicted molar refractivity (Wildman–Crippen MR) is 71.7 cm³/mol. The van der Waals surface area contributed by atoms with Crippen LogP contribution in [0.2, 0.25) is 5.02 Å². The molecule has 3 nitrogen and oxygen atoms in total. The van der Waals surface area contributed by atoms with Crippen LogP contribution in [0.15, 0.2) is 24.3 Å². The van der Waals surface area contributed by atoms with E-state index in [0.717, 1.165) is 18.5 Å². The first kappa shape index (κ1) is 14.3. The van der Waals surface area contributed by atoms with Gasteiger partial charge in [0.15, 0.2) is 0 Å². The van der Waals surface area contributed by atoms with Crippen molar-refractivity contribution in [2.24, 2.45) is 0 Å². The number of aliphatic hydroxyl groups is 1. The number of unbranched alkanes of at least 4 members (excludes halogenated alkanes) is 1. The number of benzene rings is 1. The lowest BCUT2D eigenvalue weighted by molar-refractivity contribution is 0.0422. The van der Waals surface area contributed by atoms with E-state index in [1.807, 2.05) is 24.3 Å². The fourth-order valence-electron chi connectivity index (χ4n) is 1.33. The van der Waals surface area contributed by atoms with Crippen LogP contribution >= 0.6 is 11.6 Å². The Kier molecular flexibility index (Phi) is 7.01. The summed E-state index contributed by atoms with van der Waals surface area (Å²) in [5, 5.41) is 13.5. The maximum atomic E-state index is 9.65. The number of nitrogens with one attached hydrogen (secondary N) is 1. The topological polar surface area (TPSA) is 41.5 Å². The van der Waals surface area contributed by atoms with Crippen molar-refractivity contribution in [3.63, 3.8) is 0 Å². The van der Waals surface area contributed by atoms with Gasteiger partial charge in [-0.2, -0.15) is 0 Å². The molecule has 1 rings (SSSR count). The molecule has 0 aliphatic rings. The minimum Gasteiger partial charge on any atom is -0.389 e. The van der Waals surface area contributed by atoms with Crippen molar-refractivity contribution < 1.29 is 9.84 Å². The third-order valence-electron chi connectivity index (χ3n) is 2.34. The van der Waals surface area contributed by atoms with Crippen LogP contribution in [0.1, 0.15) is 19.8 Å². The third kappa shape index (κ3) is 6.51. The SMILES string of the molecule is CCCCOCC(O)CNc1ccc(Cl)cc1. The molecule has 0 bridgehead atoms. The normalized spacial score (nSPS) is 12.4. The molecule has 0 heterocycles. The molecule has 1 aromatic carbocycles. The molecule has 1 aromatic rings. The highest BCUT2D eigenvalue weighted by molar-refractivity contribution is 6.30. The molecule has 0 aromatic heterocycles. The molecule has 0 fully saturated rings. The fraction of sp³-hybridized carbons (Fsp3) is 0.538. The fourth-order valence-corrected chi connectivity index (χ4v) is 1.45. The maximum absolute atomic E-state index is 9.65. The Morgan fingerprint density at radius 1 is 1.35 bits per heavy atom. The van der Waals surface area contributed by atoms with Crippen LogP contribution in [0.4, 0.5) is 5.69 Å². The molecule has 96 valence electrons. The summed E-state index contributed by atoms with van der Waals surface area (Å²) in [7, 11) is 0. The number of hydrogen-bond donors (Lipinski definition) is 2. The molecule has 0 radical (unpaired) electrons. The summed E-state index contributed by atoms with van der Waals surface area (Å²) in [5.41, 5.74) is 0.946. The molecule has 0 aliphatic heterocycles. The van der Waals surface area contributed by atoms with E-state index in [9.17, 15) is 5.11 Å². The maximum Gasteiger partial charge on any atom is 0.0945 e. The van der Waals surface area contributed by atoms with Gasteiger partial charge in [0.25, 0.3) is 0 Å². The first-order valence-corrected chi connectivity index (χ1v) is 6.35. The van der Waals surface area contributed by atoms with E-state index >= 15 is 0 Å².